The standard InChI is InChI=1S/C22H15ClFN3OS/c23-18-10-14(8-9-19(18)24)27-21(17-11-29-12-20(17)26-27)25-22(28)16-7-3-5-13-4-1-2-6-15(13)16/h1-10H,11-12H2,(H,25,28). The molecule has 2 heterocycles. The highest BCUT2D eigenvalue weighted by Gasteiger charge is 2.25. The van der Waals surface area contributed by atoms with E-state index in [2.05, 4.69) is 10.4 Å². The Morgan fingerprint density at radius 1 is 1.10 bits per heavy atom. The second-order valence-electron chi connectivity index (χ2n) is 6.76. The number of carbonyl (C=O) groups is 1. The molecule has 0 fully saturated rings. The van der Waals surface area contributed by atoms with Gasteiger partial charge in [0.2, 0.25) is 0 Å². The Balaban J connectivity index is 1.59. The highest BCUT2D eigenvalue weighted by atomic mass is 35.5. The molecule has 1 aromatic heterocycles. The van der Waals surface area contributed by atoms with E-state index in [0.717, 1.165) is 33.5 Å². The highest BCUT2D eigenvalue weighted by Crippen LogP contribution is 2.37. The number of amides is 1. The lowest BCUT2D eigenvalue weighted by molar-refractivity contribution is 0.102. The Bertz CT molecular complexity index is 1270. The normalized spacial score (nSPS) is 12.9. The summed E-state index contributed by atoms with van der Waals surface area (Å²) in [6.07, 6.45) is 0. The number of thioether (sulfide) groups is 1. The molecule has 0 saturated carbocycles. The van der Waals surface area contributed by atoms with Crippen molar-refractivity contribution in [3.63, 3.8) is 0 Å². The van der Waals surface area contributed by atoms with Gasteiger partial charge in [-0.25, -0.2) is 9.07 Å². The molecule has 0 atom stereocenters. The first-order chi connectivity index (χ1) is 14.1. The molecular weight excluding hydrogens is 409 g/mol. The van der Waals surface area contributed by atoms with Crippen LogP contribution in [0.5, 0.6) is 0 Å². The summed E-state index contributed by atoms with van der Waals surface area (Å²) in [5, 5.41) is 9.58. The number of rotatable bonds is 3. The van der Waals surface area contributed by atoms with E-state index in [1.807, 2.05) is 42.5 Å². The number of nitrogens with zero attached hydrogens (tertiary/aromatic N) is 2. The number of carbonyl (C=O) groups excluding carboxylic acids is 1. The number of hydrogen-bond donors (Lipinski definition) is 1. The van der Waals surface area contributed by atoms with Crippen molar-refractivity contribution in [1.82, 2.24) is 9.78 Å². The third-order valence-corrected chi connectivity index (χ3v) is 6.23. The Labute approximate surface area is 175 Å². The summed E-state index contributed by atoms with van der Waals surface area (Å²) < 4.78 is 15.3. The predicted octanol–water partition coefficient (Wildman–Crippen LogP) is 5.82. The average Bonchev–Trinajstić information content (AvgIpc) is 3.32. The van der Waals surface area contributed by atoms with Gasteiger partial charge in [-0.15, -0.1) is 0 Å². The molecule has 1 aliphatic rings. The molecule has 0 unspecified atom stereocenters. The summed E-state index contributed by atoms with van der Waals surface area (Å²) in [6, 6.07) is 17.8. The largest absolute Gasteiger partial charge is 0.306 e. The van der Waals surface area contributed by atoms with Gasteiger partial charge in [0.15, 0.2) is 0 Å². The molecule has 144 valence electrons. The fraction of sp³-hybridized carbons (Fsp3) is 0.0909. The van der Waals surface area contributed by atoms with Crippen LogP contribution >= 0.6 is 23.4 Å². The molecule has 0 radical (unpaired) electrons. The van der Waals surface area contributed by atoms with Gasteiger partial charge in [-0.1, -0.05) is 48.0 Å². The van der Waals surface area contributed by atoms with E-state index >= 15 is 0 Å². The number of hydrogen-bond acceptors (Lipinski definition) is 3. The fourth-order valence-electron chi connectivity index (χ4n) is 3.54. The van der Waals surface area contributed by atoms with Crippen LogP contribution in [0.2, 0.25) is 5.02 Å². The van der Waals surface area contributed by atoms with E-state index in [1.165, 1.54) is 12.1 Å². The van der Waals surface area contributed by atoms with Crippen molar-refractivity contribution in [3.05, 3.63) is 88.3 Å². The lowest BCUT2D eigenvalue weighted by atomic mass is 10.0. The van der Waals surface area contributed by atoms with Gasteiger partial charge in [0.05, 0.1) is 16.4 Å². The maximum absolute atomic E-state index is 13.6. The van der Waals surface area contributed by atoms with E-state index in [4.69, 9.17) is 11.6 Å². The second-order valence-corrected chi connectivity index (χ2v) is 8.15. The van der Waals surface area contributed by atoms with Crippen LogP contribution in [0.4, 0.5) is 10.2 Å². The highest BCUT2D eigenvalue weighted by molar-refractivity contribution is 7.98. The summed E-state index contributed by atoms with van der Waals surface area (Å²) in [5.41, 5.74) is 3.10. The molecule has 4 nitrogen and oxygen atoms in total. The molecule has 7 heteroatoms. The Morgan fingerprint density at radius 2 is 1.93 bits per heavy atom. The van der Waals surface area contributed by atoms with Crippen LogP contribution in [0.1, 0.15) is 21.6 Å². The summed E-state index contributed by atoms with van der Waals surface area (Å²) >= 11 is 7.72. The molecule has 5 rings (SSSR count). The molecule has 1 N–H and O–H groups in total. The molecule has 1 aliphatic heterocycles. The lowest BCUT2D eigenvalue weighted by Gasteiger charge is -2.12. The maximum atomic E-state index is 13.6. The van der Waals surface area contributed by atoms with Gasteiger partial charge in [-0.2, -0.15) is 16.9 Å². The van der Waals surface area contributed by atoms with Gasteiger partial charge in [0.25, 0.3) is 5.91 Å². The molecule has 0 bridgehead atoms. The van der Waals surface area contributed by atoms with Crippen LogP contribution in [0.3, 0.4) is 0 Å². The summed E-state index contributed by atoms with van der Waals surface area (Å²) in [7, 11) is 0. The first-order valence-corrected chi connectivity index (χ1v) is 10.6. The van der Waals surface area contributed by atoms with Gasteiger partial charge in [0.1, 0.15) is 11.6 Å². The summed E-state index contributed by atoms with van der Waals surface area (Å²) in [4.78, 5) is 13.2. The van der Waals surface area contributed by atoms with Crippen molar-refractivity contribution < 1.29 is 9.18 Å². The number of anilines is 1. The van der Waals surface area contributed by atoms with E-state index in [-0.39, 0.29) is 10.9 Å². The molecule has 4 aromatic rings. The topological polar surface area (TPSA) is 46.9 Å². The Hall–Kier alpha value is -2.83. The Kier molecular flexibility index (Phi) is 4.53. The van der Waals surface area contributed by atoms with Crippen molar-refractivity contribution in [2.75, 3.05) is 5.32 Å². The Morgan fingerprint density at radius 3 is 2.79 bits per heavy atom. The van der Waals surface area contributed by atoms with Crippen molar-refractivity contribution in [2.45, 2.75) is 11.5 Å². The van der Waals surface area contributed by atoms with E-state index in [0.29, 0.717) is 17.1 Å². The van der Waals surface area contributed by atoms with Crippen LogP contribution in [-0.4, -0.2) is 15.7 Å². The van der Waals surface area contributed by atoms with Crippen molar-refractivity contribution >= 4 is 45.9 Å². The zero-order valence-electron chi connectivity index (χ0n) is 15.2. The predicted molar refractivity (Wildman–Crippen MR) is 115 cm³/mol. The zero-order chi connectivity index (χ0) is 20.0. The van der Waals surface area contributed by atoms with Crippen LogP contribution in [-0.2, 0) is 11.5 Å². The third-order valence-electron chi connectivity index (χ3n) is 4.97. The number of fused-ring (bicyclic) bond motifs is 2. The molecule has 0 aliphatic carbocycles. The van der Waals surface area contributed by atoms with Crippen LogP contribution in [0.25, 0.3) is 16.5 Å². The van der Waals surface area contributed by atoms with E-state index in [1.54, 1.807) is 22.5 Å². The number of aromatic nitrogens is 2. The molecular formula is C22H15ClFN3OS. The van der Waals surface area contributed by atoms with E-state index in [9.17, 15) is 9.18 Å². The quantitative estimate of drug-likeness (QED) is 0.451. The smallest absolute Gasteiger partial charge is 0.257 e. The average molecular weight is 424 g/mol. The lowest BCUT2D eigenvalue weighted by Crippen LogP contribution is -2.16. The third kappa shape index (κ3) is 3.18. The van der Waals surface area contributed by atoms with Gasteiger partial charge in [0, 0.05) is 22.6 Å². The zero-order valence-corrected chi connectivity index (χ0v) is 16.7. The van der Waals surface area contributed by atoms with Gasteiger partial charge >= 0.3 is 0 Å². The number of nitrogens with one attached hydrogen (secondary N) is 1. The second kappa shape index (κ2) is 7.21. The van der Waals surface area contributed by atoms with E-state index < -0.39 is 5.82 Å². The number of halogens is 2. The molecule has 0 spiro atoms. The number of benzene rings is 3. The van der Waals surface area contributed by atoms with Gasteiger partial charge in [-0.3, -0.25) is 4.79 Å². The van der Waals surface area contributed by atoms with Gasteiger partial charge in [-0.05, 0) is 35.0 Å². The van der Waals surface area contributed by atoms with Crippen molar-refractivity contribution in [2.24, 2.45) is 0 Å². The van der Waals surface area contributed by atoms with Crippen molar-refractivity contribution in [1.29, 1.82) is 0 Å². The van der Waals surface area contributed by atoms with Crippen LogP contribution in [0.15, 0.2) is 60.7 Å². The summed E-state index contributed by atoms with van der Waals surface area (Å²) in [5.74, 6) is 1.43. The summed E-state index contributed by atoms with van der Waals surface area (Å²) in [6.45, 7) is 0. The minimum absolute atomic E-state index is 0.0128. The molecule has 3 aromatic carbocycles. The van der Waals surface area contributed by atoms with Crippen molar-refractivity contribution in [3.8, 4) is 5.69 Å². The SMILES string of the molecule is O=C(Nc1c2c(nn1-c1ccc(F)c(Cl)c1)CSC2)c1cccc2ccccc12. The first-order valence-electron chi connectivity index (χ1n) is 9.05. The minimum atomic E-state index is -0.494. The minimum Gasteiger partial charge on any atom is -0.306 e. The first kappa shape index (κ1) is 18.2. The monoisotopic (exact) mass is 423 g/mol. The molecule has 0 saturated heterocycles. The van der Waals surface area contributed by atoms with Crippen LogP contribution < -0.4 is 5.32 Å². The molecule has 1 amide bonds. The molecule has 29 heavy (non-hydrogen) atoms. The van der Waals surface area contributed by atoms with Gasteiger partial charge < -0.3 is 5.32 Å². The maximum Gasteiger partial charge on any atom is 0.257 e. The fourth-order valence-corrected chi connectivity index (χ4v) is 4.75. The van der Waals surface area contributed by atoms with Crippen LogP contribution in [0, 0.1) is 5.82 Å².